The number of rotatable bonds is 5. The van der Waals surface area contributed by atoms with Gasteiger partial charge in [0.05, 0.1) is 6.54 Å². The van der Waals surface area contributed by atoms with Crippen LogP contribution in [0.5, 0.6) is 0 Å². The van der Waals surface area contributed by atoms with Gasteiger partial charge in [0.1, 0.15) is 5.41 Å². The van der Waals surface area contributed by atoms with E-state index < -0.39 is 23.2 Å². The molecule has 0 rings (SSSR count). The van der Waals surface area contributed by atoms with Crippen LogP contribution in [-0.2, 0) is 14.4 Å². The largest absolute Gasteiger partial charge is 0.480 e. The van der Waals surface area contributed by atoms with Crippen LogP contribution >= 0.6 is 0 Å². The lowest BCUT2D eigenvalue weighted by Crippen LogP contribution is -2.48. The van der Waals surface area contributed by atoms with E-state index in [1.807, 2.05) is 0 Å². The van der Waals surface area contributed by atoms with E-state index in [9.17, 15) is 14.4 Å². The molecule has 0 unspecified atom stereocenters. The molecule has 0 bridgehead atoms. The summed E-state index contributed by atoms with van der Waals surface area (Å²) in [5.74, 6) is -2.50. The maximum absolute atomic E-state index is 11.7. The van der Waals surface area contributed by atoms with E-state index in [1.54, 1.807) is 6.92 Å². The molecule has 0 fully saturated rings. The summed E-state index contributed by atoms with van der Waals surface area (Å²) in [6.45, 7) is 4.23. The molecule has 0 aromatic heterocycles. The zero-order valence-electron chi connectivity index (χ0n) is 9.11. The lowest BCUT2D eigenvalue weighted by Gasteiger charge is -2.27. The van der Waals surface area contributed by atoms with Gasteiger partial charge in [-0.25, -0.2) is 0 Å². The van der Waals surface area contributed by atoms with E-state index in [0.717, 1.165) is 4.90 Å². The van der Waals surface area contributed by atoms with Gasteiger partial charge in [-0.05, 0) is 20.8 Å². The van der Waals surface area contributed by atoms with Crippen LogP contribution in [0.15, 0.2) is 0 Å². The van der Waals surface area contributed by atoms with Gasteiger partial charge in [0.15, 0.2) is 0 Å². The number of primary amides is 1. The maximum Gasteiger partial charge on any atom is 0.318 e. The van der Waals surface area contributed by atoms with Crippen molar-refractivity contribution < 1.29 is 19.5 Å². The van der Waals surface area contributed by atoms with Gasteiger partial charge in [-0.1, -0.05) is 0 Å². The molecule has 0 saturated heterocycles. The molecule has 0 radical (unpaired) electrons. The number of carboxylic acid groups (broad SMARTS) is 1. The highest BCUT2D eigenvalue weighted by molar-refractivity contribution is 6.01. The molecule has 0 aromatic rings. The normalized spacial score (nSPS) is 10.9. The van der Waals surface area contributed by atoms with Crippen molar-refractivity contribution in [3.63, 3.8) is 0 Å². The summed E-state index contributed by atoms with van der Waals surface area (Å²) < 4.78 is 0. The molecule has 15 heavy (non-hydrogen) atoms. The van der Waals surface area contributed by atoms with Gasteiger partial charge in [-0.15, -0.1) is 0 Å². The molecular formula is C9H16N2O4. The topological polar surface area (TPSA) is 101 Å². The number of carbonyl (C=O) groups excluding carboxylic acids is 2. The first-order valence-corrected chi connectivity index (χ1v) is 4.54. The predicted molar refractivity (Wildman–Crippen MR) is 52.9 cm³/mol. The fraction of sp³-hybridized carbons (Fsp3) is 0.667. The van der Waals surface area contributed by atoms with Crippen LogP contribution in [0.25, 0.3) is 0 Å². The van der Waals surface area contributed by atoms with Crippen LogP contribution < -0.4 is 5.73 Å². The Labute approximate surface area is 88.0 Å². The lowest BCUT2D eigenvalue weighted by atomic mass is 9.92. The Kier molecular flexibility index (Phi) is 4.26. The van der Waals surface area contributed by atoms with Gasteiger partial charge in [0, 0.05) is 6.54 Å². The Morgan fingerprint density at radius 2 is 1.80 bits per heavy atom. The summed E-state index contributed by atoms with van der Waals surface area (Å²) in [5, 5.41) is 8.83. The summed E-state index contributed by atoms with van der Waals surface area (Å²) in [6.07, 6.45) is 0. The van der Waals surface area contributed by atoms with Crippen molar-refractivity contribution in [2.75, 3.05) is 13.1 Å². The third kappa shape index (κ3) is 3.23. The summed E-state index contributed by atoms with van der Waals surface area (Å²) in [6, 6.07) is 0. The lowest BCUT2D eigenvalue weighted by molar-refractivity contribution is -0.158. The van der Waals surface area contributed by atoms with E-state index in [1.165, 1.54) is 13.8 Å². The fourth-order valence-corrected chi connectivity index (χ4v) is 1.00. The first-order chi connectivity index (χ1) is 6.73. The van der Waals surface area contributed by atoms with Crippen LogP contribution in [-0.4, -0.2) is 40.9 Å². The Bertz CT molecular complexity index is 286. The smallest absolute Gasteiger partial charge is 0.318 e. The van der Waals surface area contributed by atoms with Crippen LogP contribution in [0.3, 0.4) is 0 Å². The molecular weight excluding hydrogens is 200 g/mol. The zero-order valence-corrected chi connectivity index (χ0v) is 9.11. The summed E-state index contributed by atoms with van der Waals surface area (Å²) >= 11 is 0. The van der Waals surface area contributed by atoms with Gasteiger partial charge < -0.3 is 15.7 Å². The summed E-state index contributed by atoms with van der Waals surface area (Å²) in [4.78, 5) is 34.3. The number of amides is 2. The second-order valence-corrected chi connectivity index (χ2v) is 3.72. The molecule has 0 heterocycles. The van der Waals surface area contributed by atoms with Gasteiger partial charge in [-0.2, -0.15) is 0 Å². The van der Waals surface area contributed by atoms with Crippen molar-refractivity contribution in [1.82, 2.24) is 4.90 Å². The highest BCUT2D eigenvalue weighted by Crippen LogP contribution is 2.18. The van der Waals surface area contributed by atoms with Gasteiger partial charge in [0.25, 0.3) is 0 Å². The molecule has 0 aliphatic rings. The van der Waals surface area contributed by atoms with Crippen molar-refractivity contribution >= 4 is 17.8 Å². The third-order valence-corrected chi connectivity index (χ3v) is 2.08. The van der Waals surface area contributed by atoms with Crippen LogP contribution in [0.2, 0.25) is 0 Å². The minimum Gasteiger partial charge on any atom is -0.480 e. The minimum absolute atomic E-state index is 0.248. The molecule has 0 aliphatic heterocycles. The van der Waals surface area contributed by atoms with Crippen molar-refractivity contribution in [1.29, 1.82) is 0 Å². The van der Waals surface area contributed by atoms with Gasteiger partial charge >= 0.3 is 5.97 Å². The Morgan fingerprint density at radius 1 is 1.33 bits per heavy atom. The number of hydrogen-bond acceptors (Lipinski definition) is 3. The first kappa shape index (κ1) is 13.4. The quantitative estimate of drug-likeness (QED) is 0.601. The summed E-state index contributed by atoms with van der Waals surface area (Å²) in [5.41, 5.74) is 3.41. The Hall–Kier alpha value is -1.59. The number of nitrogens with two attached hydrogens (primary N) is 1. The molecule has 0 aliphatic carbocycles. The molecule has 6 heteroatoms. The van der Waals surface area contributed by atoms with E-state index in [2.05, 4.69) is 0 Å². The third-order valence-electron chi connectivity index (χ3n) is 2.08. The molecule has 0 spiro atoms. The molecule has 86 valence electrons. The van der Waals surface area contributed by atoms with Crippen molar-refractivity contribution in [3.05, 3.63) is 0 Å². The monoisotopic (exact) mass is 216 g/mol. The maximum atomic E-state index is 11.7. The highest BCUT2D eigenvalue weighted by atomic mass is 16.4. The van der Waals surface area contributed by atoms with Crippen molar-refractivity contribution in [3.8, 4) is 0 Å². The number of hydrogen-bond donors (Lipinski definition) is 2. The van der Waals surface area contributed by atoms with E-state index in [0.29, 0.717) is 0 Å². The summed E-state index contributed by atoms with van der Waals surface area (Å²) in [7, 11) is 0. The van der Waals surface area contributed by atoms with Crippen LogP contribution in [0.4, 0.5) is 0 Å². The molecule has 3 N–H and O–H groups in total. The average Bonchev–Trinajstić information content (AvgIpc) is 2.12. The van der Waals surface area contributed by atoms with Crippen molar-refractivity contribution in [2.45, 2.75) is 20.8 Å². The first-order valence-electron chi connectivity index (χ1n) is 4.54. The van der Waals surface area contributed by atoms with Gasteiger partial charge in [-0.3, -0.25) is 14.4 Å². The number of aliphatic carboxylic acids is 1. The highest BCUT2D eigenvalue weighted by Gasteiger charge is 2.39. The van der Waals surface area contributed by atoms with E-state index >= 15 is 0 Å². The Balaban J connectivity index is 4.80. The molecule has 0 aromatic carbocycles. The average molecular weight is 216 g/mol. The Morgan fingerprint density at radius 3 is 2.07 bits per heavy atom. The van der Waals surface area contributed by atoms with E-state index in [4.69, 9.17) is 10.8 Å². The minimum atomic E-state index is -1.54. The predicted octanol–water partition coefficient (Wildman–Crippen LogP) is -0.569. The van der Waals surface area contributed by atoms with Crippen LogP contribution in [0, 0.1) is 5.41 Å². The molecule has 6 nitrogen and oxygen atoms in total. The second kappa shape index (κ2) is 4.77. The molecule has 0 atom stereocenters. The standard InChI is InChI=1S/C9H16N2O4/c1-4-11(5-6(10)12)7(13)9(2,3)8(14)15/h4-5H2,1-3H3,(H2,10,12)(H,14,15). The number of carbonyl (C=O) groups is 3. The SMILES string of the molecule is CCN(CC(N)=O)C(=O)C(C)(C)C(=O)O. The fourth-order valence-electron chi connectivity index (χ4n) is 1.00. The van der Waals surface area contributed by atoms with E-state index in [-0.39, 0.29) is 13.1 Å². The van der Waals surface area contributed by atoms with Crippen LogP contribution in [0.1, 0.15) is 20.8 Å². The molecule has 2 amide bonds. The van der Waals surface area contributed by atoms with Crippen molar-refractivity contribution in [2.24, 2.45) is 11.1 Å². The number of likely N-dealkylation sites (N-methyl/N-ethyl adjacent to an activating group) is 1. The second-order valence-electron chi connectivity index (χ2n) is 3.72. The van der Waals surface area contributed by atoms with Gasteiger partial charge in [0.2, 0.25) is 11.8 Å². The number of carboxylic acids is 1. The number of nitrogens with zero attached hydrogens (tertiary/aromatic N) is 1. The molecule has 0 saturated carbocycles. The zero-order chi connectivity index (χ0) is 12.2.